The van der Waals surface area contributed by atoms with Crippen molar-refractivity contribution < 1.29 is 37.9 Å². The van der Waals surface area contributed by atoms with E-state index in [1.807, 2.05) is 0 Å². The topological polar surface area (TPSA) is 170 Å². The number of hydrogen-bond acceptors (Lipinski definition) is 9. The number of nitrogens with zero attached hydrogens (tertiary/aromatic N) is 1. The number of furan rings is 1. The van der Waals surface area contributed by atoms with Crippen LogP contribution in [0, 0.1) is 6.92 Å². The van der Waals surface area contributed by atoms with Crippen molar-refractivity contribution in [2.24, 2.45) is 5.73 Å². The number of carbonyl (C=O) groups is 5. The third kappa shape index (κ3) is 4.59. The molecule has 2 aromatic heterocycles. The van der Waals surface area contributed by atoms with Crippen LogP contribution in [0.5, 0.6) is 0 Å². The summed E-state index contributed by atoms with van der Waals surface area (Å²) in [6.07, 6.45) is 1.36. The SMILES string of the molecule is COCCOC(=O)c1c(NC(=O)CN2C(=O)NC(C)(c3ccco3)C2=O)sc(C(N)=O)c1C. The van der Waals surface area contributed by atoms with Gasteiger partial charge < -0.3 is 30.3 Å². The Morgan fingerprint density at radius 2 is 2.03 bits per heavy atom. The van der Waals surface area contributed by atoms with E-state index in [9.17, 15) is 24.0 Å². The summed E-state index contributed by atoms with van der Waals surface area (Å²) >= 11 is 0.790. The number of primary amides is 1. The average Bonchev–Trinajstić information content (AvgIpc) is 3.44. The van der Waals surface area contributed by atoms with E-state index in [0.29, 0.717) is 0 Å². The first kappa shape index (κ1) is 23.9. The zero-order chi connectivity index (χ0) is 24.3. The van der Waals surface area contributed by atoms with Gasteiger partial charge in [-0.2, -0.15) is 0 Å². The zero-order valence-corrected chi connectivity index (χ0v) is 18.9. The Bertz CT molecular complexity index is 1110. The number of carbonyl (C=O) groups excluding carboxylic acids is 5. The van der Waals surface area contributed by atoms with Gasteiger partial charge in [-0.25, -0.2) is 9.59 Å². The van der Waals surface area contributed by atoms with E-state index in [1.54, 1.807) is 6.07 Å². The maximum absolute atomic E-state index is 12.9. The number of urea groups is 1. The minimum Gasteiger partial charge on any atom is -0.466 e. The number of methoxy groups -OCH3 is 1. The van der Waals surface area contributed by atoms with E-state index in [4.69, 9.17) is 19.6 Å². The number of ether oxygens (including phenoxy) is 2. The highest BCUT2D eigenvalue weighted by Crippen LogP contribution is 2.34. The molecule has 5 amide bonds. The van der Waals surface area contributed by atoms with E-state index in [1.165, 1.54) is 33.3 Å². The first-order chi connectivity index (χ1) is 15.6. The second-order valence-corrected chi connectivity index (χ2v) is 8.25. The summed E-state index contributed by atoms with van der Waals surface area (Å²) in [7, 11) is 1.44. The number of hydrogen-bond donors (Lipinski definition) is 3. The van der Waals surface area contributed by atoms with Crippen molar-refractivity contribution in [3.8, 4) is 0 Å². The number of esters is 1. The predicted molar refractivity (Wildman–Crippen MR) is 115 cm³/mol. The van der Waals surface area contributed by atoms with E-state index < -0.39 is 41.8 Å². The maximum atomic E-state index is 12.9. The summed E-state index contributed by atoms with van der Waals surface area (Å²) in [6.45, 7) is 2.42. The van der Waals surface area contributed by atoms with Gasteiger partial charge in [0.25, 0.3) is 11.8 Å². The molecule has 0 aliphatic carbocycles. The first-order valence-corrected chi connectivity index (χ1v) is 10.5. The molecule has 0 aromatic carbocycles. The van der Waals surface area contributed by atoms with Gasteiger partial charge in [0.2, 0.25) is 5.91 Å². The number of anilines is 1. The van der Waals surface area contributed by atoms with Gasteiger partial charge in [-0.15, -0.1) is 11.3 Å². The molecule has 12 nitrogen and oxygen atoms in total. The number of rotatable bonds is 9. The van der Waals surface area contributed by atoms with Crippen LogP contribution in [0.15, 0.2) is 22.8 Å². The molecule has 3 rings (SSSR count). The standard InChI is InChI=1S/C20H22N4O8S/c1-10-13(17(27)32-8-7-30-3)16(33-14(10)15(21)26)22-12(25)9-24-18(28)20(2,23-19(24)29)11-5-4-6-31-11/h4-6H,7-9H2,1-3H3,(H2,21,26)(H,22,25)(H,23,29). The lowest BCUT2D eigenvalue weighted by atomic mass is 9.99. The fourth-order valence-corrected chi connectivity index (χ4v) is 4.32. The van der Waals surface area contributed by atoms with Crippen LogP contribution in [0.4, 0.5) is 9.80 Å². The van der Waals surface area contributed by atoms with Crippen LogP contribution in [0.25, 0.3) is 0 Å². The molecule has 1 aliphatic rings. The van der Waals surface area contributed by atoms with Crippen LogP contribution in [-0.4, -0.2) is 61.5 Å². The number of nitrogens with one attached hydrogen (secondary N) is 2. The Kier molecular flexibility index (Phi) is 6.84. The lowest BCUT2D eigenvalue weighted by molar-refractivity contribution is -0.134. The van der Waals surface area contributed by atoms with E-state index >= 15 is 0 Å². The molecule has 33 heavy (non-hydrogen) atoms. The Morgan fingerprint density at radius 3 is 2.64 bits per heavy atom. The summed E-state index contributed by atoms with van der Waals surface area (Å²) < 4.78 is 15.2. The summed E-state index contributed by atoms with van der Waals surface area (Å²) in [5.41, 5.74) is 4.10. The minimum absolute atomic E-state index is 0.00886. The summed E-state index contributed by atoms with van der Waals surface area (Å²) in [4.78, 5) is 63.0. The predicted octanol–water partition coefficient (Wildman–Crippen LogP) is 0.957. The summed E-state index contributed by atoms with van der Waals surface area (Å²) in [5, 5.41) is 4.99. The first-order valence-electron chi connectivity index (χ1n) is 9.67. The Labute approximate surface area is 192 Å². The van der Waals surface area contributed by atoms with Gasteiger partial charge in [0, 0.05) is 7.11 Å². The molecule has 2 aromatic rings. The minimum atomic E-state index is -1.46. The maximum Gasteiger partial charge on any atom is 0.341 e. The smallest absolute Gasteiger partial charge is 0.341 e. The van der Waals surface area contributed by atoms with Crippen molar-refractivity contribution in [3.05, 3.63) is 40.2 Å². The van der Waals surface area contributed by atoms with Crippen molar-refractivity contribution in [2.75, 3.05) is 32.2 Å². The molecule has 176 valence electrons. The van der Waals surface area contributed by atoms with Crippen LogP contribution in [0.3, 0.4) is 0 Å². The monoisotopic (exact) mass is 478 g/mol. The quantitative estimate of drug-likeness (QED) is 0.272. The molecule has 0 spiro atoms. The van der Waals surface area contributed by atoms with Crippen molar-refractivity contribution in [3.63, 3.8) is 0 Å². The number of thiophene rings is 1. The van der Waals surface area contributed by atoms with E-state index in [-0.39, 0.29) is 40.0 Å². The van der Waals surface area contributed by atoms with Crippen LogP contribution >= 0.6 is 11.3 Å². The summed E-state index contributed by atoms with van der Waals surface area (Å²) in [5.74, 6) is -2.82. The van der Waals surface area contributed by atoms with Crippen molar-refractivity contribution in [1.82, 2.24) is 10.2 Å². The molecule has 1 fully saturated rings. The zero-order valence-electron chi connectivity index (χ0n) is 18.1. The van der Waals surface area contributed by atoms with Gasteiger partial charge in [0.1, 0.15) is 23.9 Å². The van der Waals surface area contributed by atoms with Crippen molar-refractivity contribution >= 4 is 46.1 Å². The van der Waals surface area contributed by atoms with E-state index in [0.717, 1.165) is 16.2 Å². The second kappa shape index (κ2) is 9.42. The number of nitrogens with two attached hydrogens (primary N) is 1. The number of amides is 5. The molecule has 4 N–H and O–H groups in total. The molecule has 1 aliphatic heterocycles. The van der Waals surface area contributed by atoms with Gasteiger partial charge in [0.15, 0.2) is 5.54 Å². The van der Waals surface area contributed by atoms with Crippen LogP contribution in [0.2, 0.25) is 0 Å². The van der Waals surface area contributed by atoms with Gasteiger partial charge in [-0.3, -0.25) is 19.3 Å². The fraction of sp³-hybridized carbons (Fsp3) is 0.350. The largest absolute Gasteiger partial charge is 0.466 e. The molecular formula is C20H22N4O8S. The van der Waals surface area contributed by atoms with Crippen LogP contribution in [-0.2, 0) is 24.6 Å². The lowest BCUT2D eigenvalue weighted by Crippen LogP contribution is -2.41. The highest BCUT2D eigenvalue weighted by molar-refractivity contribution is 7.18. The van der Waals surface area contributed by atoms with Gasteiger partial charge >= 0.3 is 12.0 Å². The van der Waals surface area contributed by atoms with E-state index in [2.05, 4.69) is 10.6 Å². The third-order valence-corrected chi connectivity index (χ3v) is 6.16. The van der Waals surface area contributed by atoms with Crippen molar-refractivity contribution in [2.45, 2.75) is 19.4 Å². The van der Waals surface area contributed by atoms with Crippen LogP contribution in [0.1, 0.15) is 38.3 Å². The molecule has 1 unspecified atom stereocenters. The normalized spacial score (nSPS) is 17.7. The van der Waals surface area contributed by atoms with Gasteiger partial charge in [-0.05, 0) is 31.5 Å². The highest BCUT2D eigenvalue weighted by atomic mass is 32.1. The van der Waals surface area contributed by atoms with Crippen molar-refractivity contribution in [1.29, 1.82) is 0 Å². The second-order valence-electron chi connectivity index (χ2n) is 7.23. The van der Waals surface area contributed by atoms with Gasteiger partial charge in [0.05, 0.1) is 23.3 Å². The molecule has 0 saturated carbocycles. The third-order valence-electron chi connectivity index (χ3n) is 4.94. The molecule has 0 bridgehead atoms. The Hall–Kier alpha value is -3.71. The Morgan fingerprint density at radius 1 is 1.30 bits per heavy atom. The molecular weight excluding hydrogens is 456 g/mol. The molecule has 13 heteroatoms. The fourth-order valence-electron chi connectivity index (χ4n) is 3.25. The summed E-state index contributed by atoms with van der Waals surface area (Å²) in [6, 6.07) is 2.31. The highest BCUT2D eigenvalue weighted by Gasteiger charge is 2.51. The molecule has 0 radical (unpaired) electrons. The van der Waals surface area contributed by atoms with Gasteiger partial charge in [-0.1, -0.05) is 0 Å². The van der Waals surface area contributed by atoms with Crippen LogP contribution < -0.4 is 16.4 Å². The average molecular weight is 478 g/mol. The number of imide groups is 1. The molecule has 1 saturated heterocycles. The Balaban J connectivity index is 1.79. The molecule has 3 heterocycles. The molecule has 1 atom stereocenters. The lowest BCUT2D eigenvalue weighted by Gasteiger charge is -2.18.